The zero-order valence-corrected chi connectivity index (χ0v) is 11.0. The molecule has 1 aromatic carbocycles. The van der Waals surface area contributed by atoms with Crippen LogP contribution in [0, 0.1) is 0 Å². The topological polar surface area (TPSA) is 30.2 Å². The van der Waals surface area contributed by atoms with Gasteiger partial charge in [0.1, 0.15) is 4.47 Å². The van der Waals surface area contributed by atoms with Gasteiger partial charge in [-0.25, -0.2) is 4.79 Å². The fraction of sp³-hybridized carbons (Fsp3) is 0.0833. The van der Waals surface area contributed by atoms with E-state index in [-0.39, 0.29) is 5.63 Å². The number of thioether (sulfide) groups is 1. The average molecular weight is 297 g/mol. The molecule has 0 aliphatic carbocycles. The lowest BCUT2D eigenvalue weighted by Gasteiger charge is -2.03. The normalized spacial score (nSPS) is 10.4. The maximum absolute atomic E-state index is 11.3. The molecule has 0 atom stereocenters. The van der Waals surface area contributed by atoms with Gasteiger partial charge >= 0.3 is 5.63 Å². The quantitative estimate of drug-likeness (QED) is 0.790. The molecule has 0 N–H and O–H groups in total. The van der Waals surface area contributed by atoms with Crippen LogP contribution in [-0.2, 0) is 0 Å². The van der Waals surface area contributed by atoms with Crippen LogP contribution < -0.4 is 5.63 Å². The second kappa shape index (κ2) is 4.89. The standard InChI is InChI=1S/C12H9BrO2S/c1-16-9-4-2-8(3-5-9)10-6-7-15-12(14)11(10)13/h2-7H,1H3. The molecule has 0 saturated heterocycles. The van der Waals surface area contributed by atoms with Crippen LogP contribution in [0.15, 0.2) is 55.2 Å². The highest BCUT2D eigenvalue weighted by molar-refractivity contribution is 9.10. The second-order valence-electron chi connectivity index (χ2n) is 3.16. The third-order valence-corrected chi connectivity index (χ3v) is 3.72. The molecule has 0 aliphatic heterocycles. The van der Waals surface area contributed by atoms with Crippen molar-refractivity contribution in [1.82, 2.24) is 0 Å². The molecule has 0 radical (unpaired) electrons. The maximum atomic E-state index is 11.3. The van der Waals surface area contributed by atoms with E-state index in [9.17, 15) is 4.79 Å². The number of halogens is 1. The first kappa shape index (κ1) is 11.5. The van der Waals surface area contributed by atoms with Crippen molar-refractivity contribution in [1.29, 1.82) is 0 Å². The van der Waals surface area contributed by atoms with Crippen molar-refractivity contribution in [3.05, 3.63) is 51.5 Å². The van der Waals surface area contributed by atoms with Crippen LogP contribution in [0.5, 0.6) is 0 Å². The van der Waals surface area contributed by atoms with Gasteiger partial charge in [-0.2, -0.15) is 0 Å². The highest BCUT2D eigenvalue weighted by Crippen LogP contribution is 2.27. The molecule has 4 heteroatoms. The molecule has 0 unspecified atom stereocenters. The molecule has 0 spiro atoms. The lowest BCUT2D eigenvalue weighted by atomic mass is 10.1. The van der Waals surface area contributed by atoms with Gasteiger partial charge in [0.25, 0.3) is 0 Å². The minimum absolute atomic E-state index is 0.355. The van der Waals surface area contributed by atoms with Crippen LogP contribution in [0.1, 0.15) is 0 Å². The summed E-state index contributed by atoms with van der Waals surface area (Å²) in [7, 11) is 0. The van der Waals surface area contributed by atoms with Gasteiger partial charge in [0.2, 0.25) is 0 Å². The Morgan fingerprint density at radius 2 is 1.88 bits per heavy atom. The van der Waals surface area contributed by atoms with Crippen LogP contribution >= 0.6 is 27.7 Å². The monoisotopic (exact) mass is 296 g/mol. The molecule has 16 heavy (non-hydrogen) atoms. The molecule has 1 heterocycles. The number of hydrogen-bond donors (Lipinski definition) is 0. The number of benzene rings is 1. The molecule has 0 bridgehead atoms. The van der Waals surface area contributed by atoms with E-state index in [0.717, 1.165) is 11.1 Å². The Balaban J connectivity index is 2.50. The Kier molecular flexibility index (Phi) is 3.51. The van der Waals surface area contributed by atoms with Crippen LogP contribution in [-0.4, -0.2) is 6.26 Å². The van der Waals surface area contributed by atoms with E-state index >= 15 is 0 Å². The summed E-state index contributed by atoms with van der Waals surface area (Å²) in [5.41, 5.74) is 1.49. The van der Waals surface area contributed by atoms with E-state index in [0.29, 0.717) is 4.47 Å². The zero-order valence-electron chi connectivity index (χ0n) is 8.57. The largest absolute Gasteiger partial charge is 0.430 e. The van der Waals surface area contributed by atoms with E-state index in [1.807, 2.05) is 30.5 Å². The van der Waals surface area contributed by atoms with Crippen LogP contribution in [0.3, 0.4) is 0 Å². The first-order valence-electron chi connectivity index (χ1n) is 4.64. The average Bonchev–Trinajstić information content (AvgIpc) is 2.33. The van der Waals surface area contributed by atoms with Gasteiger partial charge in [-0.1, -0.05) is 12.1 Å². The highest BCUT2D eigenvalue weighted by Gasteiger charge is 2.06. The van der Waals surface area contributed by atoms with Crippen molar-refractivity contribution in [2.75, 3.05) is 6.26 Å². The Morgan fingerprint density at radius 1 is 1.19 bits per heavy atom. The van der Waals surface area contributed by atoms with Crippen LogP contribution in [0.2, 0.25) is 0 Å². The molecule has 2 rings (SSSR count). The van der Waals surface area contributed by atoms with Crippen molar-refractivity contribution in [2.45, 2.75) is 4.90 Å². The molecular formula is C12H9BrO2S. The van der Waals surface area contributed by atoms with E-state index in [1.54, 1.807) is 17.8 Å². The SMILES string of the molecule is CSc1ccc(-c2ccoc(=O)c2Br)cc1. The van der Waals surface area contributed by atoms with Crippen LogP contribution in [0.25, 0.3) is 11.1 Å². The molecule has 2 nitrogen and oxygen atoms in total. The van der Waals surface area contributed by atoms with Gasteiger partial charge in [0.15, 0.2) is 0 Å². The highest BCUT2D eigenvalue weighted by atomic mass is 79.9. The predicted molar refractivity (Wildman–Crippen MR) is 69.9 cm³/mol. The third-order valence-electron chi connectivity index (χ3n) is 2.23. The fourth-order valence-electron chi connectivity index (χ4n) is 1.39. The second-order valence-corrected chi connectivity index (χ2v) is 4.84. The number of hydrogen-bond acceptors (Lipinski definition) is 3. The van der Waals surface area contributed by atoms with Gasteiger partial charge < -0.3 is 4.42 Å². The Labute approximate surface area is 106 Å². The van der Waals surface area contributed by atoms with E-state index < -0.39 is 0 Å². The molecule has 0 fully saturated rings. The van der Waals surface area contributed by atoms with E-state index in [2.05, 4.69) is 15.9 Å². The lowest BCUT2D eigenvalue weighted by molar-refractivity contribution is 0.507. The zero-order chi connectivity index (χ0) is 11.5. The summed E-state index contributed by atoms with van der Waals surface area (Å²) in [5.74, 6) is 0. The van der Waals surface area contributed by atoms with Gasteiger partial charge in [-0.05, 0) is 45.9 Å². The summed E-state index contributed by atoms with van der Waals surface area (Å²) >= 11 is 4.93. The van der Waals surface area contributed by atoms with Crippen LogP contribution in [0.4, 0.5) is 0 Å². The van der Waals surface area contributed by atoms with Crippen molar-refractivity contribution >= 4 is 27.7 Å². The molecular weight excluding hydrogens is 288 g/mol. The van der Waals surface area contributed by atoms with Gasteiger partial charge in [0, 0.05) is 10.5 Å². The van der Waals surface area contributed by atoms with Gasteiger partial charge in [-0.3, -0.25) is 0 Å². The summed E-state index contributed by atoms with van der Waals surface area (Å²) in [6, 6.07) is 9.82. The minimum Gasteiger partial charge on any atom is -0.430 e. The van der Waals surface area contributed by atoms with E-state index in [4.69, 9.17) is 4.42 Å². The maximum Gasteiger partial charge on any atom is 0.350 e. The Hall–Kier alpha value is -1.00. The minimum atomic E-state index is -0.355. The Bertz CT molecular complexity index is 546. The lowest BCUT2D eigenvalue weighted by Crippen LogP contribution is -1.99. The summed E-state index contributed by atoms with van der Waals surface area (Å²) < 4.78 is 5.22. The number of rotatable bonds is 2. The summed E-state index contributed by atoms with van der Waals surface area (Å²) in [4.78, 5) is 12.5. The first-order chi connectivity index (χ1) is 7.72. The van der Waals surface area contributed by atoms with Crippen molar-refractivity contribution < 1.29 is 4.42 Å². The molecule has 0 saturated carbocycles. The molecule has 2 aromatic rings. The summed E-state index contributed by atoms with van der Waals surface area (Å²) in [5, 5.41) is 0. The molecule has 0 aliphatic rings. The molecule has 82 valence electrons. The van der Waals surface area contributed by atoms with Crippen molar-refractivity contribution in [3.63, 3.8) is 0 Å². The predicted octanol–water partition coefficient (Wildman–Crippen LogP) is 3.79. The molecule has 1 aromatic heterocycles. The summed E-state index contributed by atoms with van der Waals surface area (Å²) in [6.07, 6.45) is 3.44. The van der Waals surface area contributed by atoms with Crippen molar-refractivity contribution in [2.24, 2.45) is 0 Å². The smallest absolute Gasteiger partial charge is 0.350 e. The van der Waals surface area contributed by atoms with Gasteiger partial charge in [0.05, 0.1) is 6.26 Å². The fourth-order valence-corrected chi connectivity index (χ4v) is 2.26. The van der Waals surface area contributed by atoms with E-state index in [1.165, 1.54) is 11.2 Å². The van der Waals surface area contributed by atoms with Crippen molar-refractivity contribution in [3.8, 4) is 11.1 Å². The van der Waals surface area contributed by atoms with Gasteiger partial charge in [-0.15, -0.1) is 11.8 Å². The third kappa shape index (κ3) is 2.23. The summed E-state index contributed by atoms with van der Waals surface area (Å²) in [6.45, 7) is 0. The molecule has 0 amide bonds. The first-order valence-corrected chi connectivity index (χ1v) is 6.66. The Morgan fingerprint density at radius 3 is 2.50 bits per heavy atom.